The van der Waals surface area contributed by atoms with E-state index in [4.69, 9.17) is 0 Å². The van der Waals surface area contributed by atoms with Crippen LogP contribution in [0.1, 0.15) is 57.9 Å². The third kappa shape index (κ3) is 4.22. The number of unbranched alkanes of at least 4 members (excludes halogenated alkanes) is 4. The molecule has 1 heterocycles. The number of carbonyl (C=O) groups excluding carboxylic acids is 1. The fourth-order valence-corrected chi connectivity index (χ4v) is 2.89. The van der Waals surface area contributed by atoms with E-state index in [1.165, 1.54) is 12.8 Å². The summed E-state index contributed by atoms with van der Waals surface area (Å²) in [7, 11) is 0. The molecule has 0 radical (unpaired) electrons. The van der Waals surface area contributed by atoms with Gasteiger partial charge in [0.05, 0.1) is 5.52 Å². The molecule has 24 heavy (non-hydrogen) atoms. The summed E-state index contributed by atoms with van der Waals surface area (Å²) in [5.74, 6) is -0.159. The highest BCUT2D eigenvalue weighted by molar-refractivity contribution is 5.95. The van der Waals surface area contributed by atoms with Crippen molar-refractivity contribution in [2.45, 2.75) is 65.8 Å². The molecule has 0 atom stereocenters. The Morgan fingerprint density at radius 2 is 1.92 bits per heavy atom. The maximum Gasteiger partial charge on any atom is 0.264 e. The number of azo groups is 1. The van der Waals surface area contributed by atoms with Crippen molar-refractivity contribution in [1.29, 1.82) is 0 Å². The maximum atomic E-state index is 11.9. The molecule has 1 amide bonds. The Balaban J connectivity index is 2.12. The predicted molar refractivity (Wildman–Crippen MR) is 96.9 cm³/mol. The van der Waals surface area contributed by atoms with Crippen LogP contribution in [0.2, 0.25) is 0 Å². The van der Waals surface area contributed by atoms with Crippen molar-refractivity contribution in [2.75, 3.05) is 0 Å². The second-order valence-electron chi connectivity index (χ2n) is 6.20. The lowest BCUT2D eigenvalue weighted by Crippen LogP contribution is -1.92. The van der Waals surface area contributed by atoms with Gasteiger partial charge in [0, 0.05) is 18.4 Å². The molecule has 0 aliphatic heterocycles. The Hall–Kier alpha value is -2.17. The number of hydrogen-bond donors (Lipinski definition) is 1. The average Bonchev–Trinajstić information content (AvgIpc) is 2.83. The van der Waals surface area contributed by atoms with Crippen LogP contribution >= 0.6 is 0 Å². The van der Waals surface area contributed by atoms with Gasteiger partial charge in [0.1, 0.15) is 0 Å². The molecule has 5 nitrogen and oxygen atoms in total. The number of nitrogens with zero attached hydrogens (tertiary/aromatic N) is 3. The van der Waals surface area contributed by atoms with Crippen LogP contribution < -0.4 is 0 Å². The van der Waals surface area contributed by atoms with Crippen molar-refractivity contribution in [3.05, 3.63) is 23.8 Å². The van der Waals surface area contributed by atoms with Crippen LogP contribution in [0.25, 0.3) is 10.9 Å². The fraction of sp³-hybridized carbons (Fsp3) is 0.526. The Kier molecular flexibility index (Phi) is 6.53. The number of rotatable bonds is 8. The molecule has 1 aromatic heterocycles. The number of aryl methyl sites for hydroxylation is 2. The highest BCUT2D eigenvalue weighted by atomic mass is 16.3. The van der Waals surface area contributed by atoms with E-state index in [0.29, 0.717) is 18.7 Å². The van der Waals surface area contributed by atoms with Crippen molar-refractivity contribution >= 4 is 22.5 Å². The molecular weight excluding hydrogens is 302 g/mol. The van der Waals surface area contributed by atoms with Gasteiger partial charge >= 0.3 is 0 Å². The zero-order valence-corrected chi connectivity index (χ0v) is 14.9. The van der Waals surface area contributed by atoms with Crippen LogP contribution in [0, 0.1) is 6.92 Å². The quantitative estimate of drug-likeness (QED) is 0.502. The van der Waals surface area contributed by atoms with Crippen molar-refractivity contribution in [2.24, 2.45) is 10.2 Å². The summed E-state index contributed by atoms with van der Waals surface area (Å²) in [5, 5.41) is 19.1. The van der Waals surface area contributed by atoms with E-state index in [2.05, 4.69) is 17.2 Å². The van der Waals surface area contributed by atoms with Crippen LogP contribution in [0.4, 0.5) is 5.69 Å². The van der Waals surface area contributed by atoms with Gasteiger partial charge in [-0.1, -0.05) is 44.2 Å². The lowest BCUT2D eigenvalue weighted by atomic mass is 10.1. The molecule has 0 unspecified atom stereocenters. The minimum atomic E-state index is -0.226. The van der Waals surface area contributed by atoms with Gasteiger partial charge in [-0.05, 0) is 32.4 Å². The number of amides is 1. The Labute approximate surface area is 143 Å². The molecule has 2 aromatic rings. The monoisotopic (exact) mass is 329 g/mol. The number of carbonyl (C=O) groups is 1. The van der Waals surface area contributed by atoms with Crippen molar-refractivity contribution < 1.29 is 9.90 Å². The molecule has 0 bridgehead atoms. The SMILES string of the molecule is CCCCCCCC(=O)N=Nc1c(O)n(CC)c2ccc(C)cc12. The first-order valence-electron chi connectivity index (χ1n) is 8.84. The van der Waals surface area contributed by atoms with Crippen molar-refractivity contribution in [1.82, 2.24) is 4.57 Å². The summed E-state index contributed by atoms with van der Waals surface area (Å²) in [6.07, 6.45) is 5.87. The summed E-state index contributed by atoms with van der Waals surface area (Å²) < 4.78 is 1.78. The topological polar surface area (TPSA) is 66.9 Å². The van der Waals surface area contributed by atoms with E-state index in [-0.39, 0.29) is 11.8 Å². The van der Waals surface area contributed by atoms with E-state index >= 15 is 0 Å². The molecule has 2 rings (SSSR count). The Morgan fingerprint density at radius 3 is 2.62 bits per heavy atom. The number of benzene rings is 1. The molecular formula is C19H27N3O2. The zero-order valence-electron chi connectivity index (χ0n) is 14.9. The average molecular weight is 329 g/mol. The normalized spacial score (nSPS) is 11.6. The number of fused-ring (bicyclic) bond motifs is 1. The predicted octanol–water partition coefficient (Wildman–Crippen LogP) is 5.65. The number of aromatic nitrogens is 1. The molecule has 0 saturated carbocycles. The van der Waals surface area contributed by atoms with Crippen LogP contribution in [0.15, 0.2) is 28.4 Å². The molecule has 0 fully saturated rings. The number of hydrogen-bond acceptors (Lipinski definition) is 3. The van der Waals surface area contributed by atoms with Gasteiger partial charge in [-0.15, -0.1) is 10.2 Å². The van der Waals surface area contributed by atoms with Gasteiger partial charge in [0.15, 0.2) is 5.69 Å². The maximum absolute atomic E-state index is 11.9. The molecule has 0 aliphatic carbocycles. The molecule has 1 aromatic carbocycles. The lowest BCUT2D eigenvalue weighted by molar-refractivity contribution is -0.118. The third-order valence-corrected chi connectivity index (χ3v) is 4.24. The first-order valence-corrected chi connectivity index (χ1v) is 8.84. The van der Waals surface area contributed by atoms with Crippen LogP contribution in [-0.2, 0) is 11.3 Å². The van der Waals surface area contributed by atoms with E-state index in [9.17, 15) is 9.90 Å². The second kappa shape index (κ2) is 8.62. The third-order valence-electron chi connectivity index (χ3n) is 4.24. The summed E-state index contributed by atoms with van der Waals surface area (Å²) in [6.45, 7) is 6.75. The molecule has 0 aliphatic rings. The van der Waals surface area contributed by atoms with E-state index < -0.39 is 0 Å². The van der Waals surface area contributed by atoms with Crippen molar-refractivity contribution in [3.63, 3.8) is 0 Å². The first-order chi connectivity index (χ1) is 11.6. The van der Waals surface area contributed by atoms with Gasteiger partial charge in [0.2, 0.25) is 5.88 Å². The summed E-state index contributed by atoms with van der Waals surface area (Å²) in [4.78, 5) is 11.9. The van der Waals surface area contributed by atoms with Gasteiger partial charge in [-0.3, -0.25) is 4.79 Å². The molecule has 0 spiro atoms. The molecule has 1 N–H and O–H groups in total. The highest BCUT2D eigenvalue weighted by Crippen LogP contribution is 2.39. The van der Waals surface area contributed by atoms with Crippen LogP contribution in [0.5, 0.6) is 5.88 Å². The van der Waals surface area contributed by atoms with Crippen LogP contribution in [0.3, 0.4) is 0 Å². The van der Waals surface area contributed by atoms with Gasteiger partial charge in [0.25, 0.3) is 5.91 Å². The van der Waals surface area contributed by atoms with Crippen LogP contribution in [-0.4, -0.2) is 15.6 Å². The van der Waals surface area contributed by atoms with E-state index in [0.717, 1.165) is 35.7 Å². The second-order valence-corrected chi connectivity index (χ2v) is 6.20. The summed E-state index contributed by atoms with van der Waals surface area (Å²) in [5.41, 5.74) is 2.37. The Morgan fingerprint density at radius 1 is 1.17 bits per heavy atom. The standard InChI is InChI=1S/C19H27N3O2/c1-4-6-7-8-9-10-17(23)20-21-18-15-13-14(3)11-12-16(15)22(5-2)19(18)24/h11-13,24H,4-10H2,1-3H3. The lowest BCUT2D eigenvalue weighted by Gasteiger charge is -2.01. The van der Waals surface area contributed by atoms with Gasteiger partial charge in [-0.2, -0.15) is 0 Å². The summed E-state index contributed by atoms with van der Waals surface area (Å²) >= 11 is 0. The minimum Gasteiger partial charge on any atom is -0.493 e. The van der Waals surface area contributed by atoms with Crippen molar-refractivity contribution in [3.8, 4) is 5.88 Å². The van der Waals surface area contributed by atoms with E-state index in [1.807, 2.05) is 32.0 Å². The fourth-order valence-electron chi connectivity index (χ4n) is 2.89. The minimum absolute atomic E-state index is 0.0672. The Bertz CT molecular complexity index is 732. The van der Waals surface area contributed by atoms with E-state index in [1.54, 1.807) is 4.57 Å². The molecule has 130 valence electrons. The molecule has 0 saturated heterocycles. The number of aromatic hydroxyl groups is 1. The first kappa shape index (κ1) is 18.2. The zero-order chi connectivity index (χ0) is 17.5. The van der Waals surface area contributed by atoms with Gasteiger partial charge in [-0.25, -0.2) is 0 Å². The summed E-state index contributed by atoms with van der Waals surface area (Å²) in [6, 6.07) is 5.92. The molecule has 5 heteroatoms. The highest BCUT2D eigenvalue weighted by Gasteiger charge is 2.16. The smallest absolute Gasteiger partial charge is 0.264 e. The van der Waals surface area contributed by atoms with Gasteiger partial charge < -0.3 is 9.67 Å². The largest absolute Gasteiger partial charge is 0.493 e.